The fraction of sp³-hybridized carbons (Fsp3) is 0.200. The highest BCUT2D eigenvalue weighted by Crippen LogP contribution is 2.04. The van der Waals surface area contributed by atoms with Crippen LogP contribution < -0.4 is 5.32 Å². The van der Waals surface area contributed by atoms with Gasteiger partial charge < -0.3 is 10.1 Å². The molecule has 0 fully saturated rings. The molecule has 0 aromatic heterocycles. The lowest BCUT2D eigenvalue weighted by molar-refractivity contribution is 0.142. The molecule has 14 heavy (non-hydrogen) atoms. The van der Waals surface area contributed by atoms with Gasteiger partial charge in [-0.2, -0.15) is 5.26 Å². The Balaban J connectivity index is 2.53. The van der Waals surface area contributed by atoms with E-state index in [1.54, 1.807) is 24.3 Å². The van der Waals surface area contributed by atoms with Gasteiger partial charge in [-0.25, -0.2) is 4.79 Å². The molecule has 0 aliphatic rings. The van der Waals surface area contributed by atoms with Crippen LogP contribution in [0.1, 0.15) is 11.1 Å². The summed E-state index contributed by atoms with van der Waals surface area (Å²) in [6.45, 7) is 0.214. The monoisotopic (exact) mass is 190 g/mol. The van der Waals surface area contributed by atoms with Gasteiger partial charge in [-0.15, -0.1) is 0 Å². The zero-order valence-electron chi connectivity index (χ0n) is 7.78. The van der Waals surface area contributed by atoms with Gasteiger partial charge in [-0.3, -0.25) is 0 Å². The molecule has 72 valence electrons. The quantitative estimate of drug-likeness (QED) is 0.767. The number of nitrogens with zero attached hydrogens (tertiary/aromatic N) is 1. The molecule has 1 amide bonds. The molecule has 0 aliphatic carbocycles. The summed E-state index contributed by atoms with van der Waals surface area (Å²) < 4.78 is 4.82. The van der Waals surface area contributed by atoms with Crippen molar-refractivity contribution in [1.82, 2.24) is 5.32 Å². The molecule has 1 aromatic carbocycles. The predicted octanol–water partition coefficient (Wildman–Crippen LogP) is 1.41. The van der Waals surface area contributed by atoms with E-state index in [2.05, 4.69) is 5.32 Å². The second kappa shape index (κ2) is 4.87. The van der Waals surface area contributed by atoms with Gasteiger partial charge in [0.05, 0.1) is 11.6 Å². The molecule has 0 saturated heterocycles. The van der Waals surface area contributed by atoms with Crippen molar-refractivity contribution in [2.75, 3.05) is 7.05 Å². The van der Waals surface area contributed by atoms with E-state index in [1.807, 2.05) is 6.07 Å². The highest BCUT2D eigenvalue weighted by atomic mass is 16.5. The molecule has 4 nitrogen and oxygen atoms in total. The van der Waals surface area contributed by atoms with Crippen LogP contribution in [-0.4, -0.2) is 13.1 Å². The SMILES string of the molecule is CNC(=O)OCc1ccc(C#N)cc1. The molecule has 1 aromatic rings. The molecule has 0 radical (unpaired) electrons. The van der Waals surface area contributed by atoms with Gasteiger partial charge in [0.2, 0.25) is 0 Å². The van der Waals surface area contributed by atoms with Crippen molar-refractivity contribution in [3.8, 4) is 6.07 Å². The minimum atomic E-state index is -0.464. The maximum Gasteiger partial charge on any atom is 0.407 e. The lowest BCUT2D eigenvalue weighted by Crippen LogP contribution is -2.18. The van der Waals surface area contributed by atoms with Crippen molar-refractivity contribution in [3.63, 3.8) is 0 Å². The number of rotatable bonds is 2. The number of carbonyl (C=O) groups is 1. The summed E-state index contributed by atoms with van der Waals surface area (Å²) >= 11 is 0. The van der Waals surface area contributed by atoms with Crippen LogP contribution in [0.2, 0.25) is 0 Å². The number of nitriles is 1. The lowest BCUT2D eigenvalue weighted by Gasteiger charge is -2.03. The number of carbonyl (C=O) groups excluding carboxylic acids is 1. The third kappa shape index (κ3) is 2.79. The molecule has 1 N–H and O–H groups in total. The van der Waals surface area contributed by atoms with E-state index < -0.39 is 6.09 Å². The van der Waals surface area contributed by atoms with Gasteiger partial charge in [0, 0.05) is 7.05 Å². The van der Waals surface area contributed by atoms with E-state index in [4.69, 9.17) is 10.00 Å². The standard InChI is InChI=1S/C10H10N2O2/c1-12-10(13)14-7-9-4-2-8(6-11)3-5-9/h2-5H,7H2,1H3,(H,12,13). The van der Waals surface area contributed by atoms with E-state index >= 15 is 0 Å². The van der Waals surface area contributed by atoms with Crippen molar-refractivity contribution < 1.29 is 9.53 Å². The van der Waals surface area contributed by atoms with Crippen LogP contribution in [0.15, 0.2) is 24.3 Å². The zero-order chi connectivity index (χ0) is 10.4. The number of hydrogen-bond donors (Lipinski definition) is 1. The minimum absolute atomic E-state index is 0.214. The van der Waals surface area contributed by atoms with E-state index in [1.165, 1.54) is 7.05 Å². The summed E-state index contributed by atoms with van der Waals surface area (Å²) in [5.41, 5.74) is 1.45. The van der Waals surface area contributed by atoms with Gasteiger partial charge in [0.15, 0.2) is 0 Å². The van der Waals surface area contributed by atoms with Crippen LogP contribution in [0, 0.1) is 11.3 Å². The first kappa shape index (κ1) is 10.1. The Morgan fingerprint density at radius 2 is 2.14 bits per heavy atom. The van der Waals surface area contributed by atoms with Gasteiger partial charge in [-0.05, 0) is 17.7 Å². The third-order valence-corrected chi connectivity index (χ3v) is 1.66. The fourth-order valence-electron chi connectivity index (χ4n) is 0.897. The molecule has 0 unspecified atom stereocenters. The summed E-state index contributed by atoms with van der Waals surface area (Å²) in [4.78, 5) is 10.7. The second-order valence-electron chi connectivity index (χ2n) is 2.63. The van der Waals surface area contributed by atoms with E-state index in [0.29, 0.717) is 5.56 Å². The Labute approximate surface area is 82.1 Å². The summed E-state index contributed by atoms with van der Waals surface area (Å²) in [5.74, 6) is 0. The van der Waals surface area contributed by atoms with Crippen LogP contribution in [0.5, 0.6) is 0 Å². The van der Waals surface area contributed by atoms with Crippen LogP contribution >= 0.6 is 0 Å². The number of amides is 1. The van der Waals surface area contributed by atoms with Crippen molar-refractivity contribution in [2.45, 2.75) is 6.61 Å². The maximum atomic E-state index is 10.7. The number of hydrogen-bond acceptors (Lipinski definition) is 3. The van der Waals surface area contributed by atoms with Crippen LogP contribution in [0.4, 0.5) is 4.79 Å². The Hall–Kier alpha value is -2.02. The first-order chi connectivity index (χ1) is 6.76. The number of benzene rings is 1. The molecule has 4 heteroatoms. The van der Waals surface area contributed by atoms with Crippen LogP contribution in [-0.2, 0) is 11.3 Å². The predicted molar refractivity (Wildman–Crippen MR) is 50.4 cm³/mol. The van der Waals surface area contributed by atoms with Crippen LogP contribution in [0.3, 0.4) is 0 Å². The number of ether oxygens (including phenoxy) is 1. The number of alkyl carbamates (subject to hydrolysis) is 1. The molecular formula is C10H10N2O2. The van der Waals surface area contributed by atoms with E-state index in [0.717, 1.165) is 5.56 Å². The van der Waals surface area contributed by atoms with Crippen molar-refractivity contribution in [1.29, 1.82) is 5.26 Å². The molecule has 0 saturated carbocycles. The molecule has 0 heterocycles. The molecule has 1 rings (SSSR count). The summed E-state index contributed by atoms with van der Waals surface area (Å²) in [6, 6.07) is 8.88. The fourth-order valence-corrected chi connectivity index (χ4v) is 0.897. The van der Waals surface area contributed by atoms with Crippen molar-refractivity contribution in [3.05, 3.63) is 35.4 Å². The molecule has 0 bridgehead atoms. The topological polar surface area (TPSA) is 62.1 Å². The van der Waals surface area contributed by atoms with Crippen LogP contribution in [0.25, 0.3) is 0 Å². The molecule has 0 spiro atoms. The highest BCUT2D eigenvalue weighted by molar-refractivity contribution is 5.66. The van der Waals surface area contributed by atoms with E-state index in [9.17, 15) is 4.79 Å². The molecule has 0 aliphatic heterocycles. The van der Waals surface area contributed by atoms with Crippen molar-refractivity contribution >= 4 is 6.09 Å². The lowest BCUT2D eigenvalue weighted by atomic mass is 10.2. The molecular weight excluding hydrogens is 180 g/mol. The van der Waals surface area contributed by atoms with E-state index in [-0.39, 0.29) is 6.61 Å². The highest BCUT2D eigenvalue weighted by Gasteiger charge is 1.98. The van der Waals surface area contributed by atoms with Gasteiger partial charge in [0.25, 0.3) is 0 Å². The normalized spacial score (nSPS) is 8.86. The Morgan fingerprint density at radius 3 is 2.64 bits per heavy atom. The first-order valence-corrected chi connectivity index (χ1v) is 4.10. The summed E-state index contributed by atoms with van der Waals surface area (Å²) in [5, 5.41) is 10.9. The maximum absolute atomic E-state index is 10.7. The summed E-state index contributed by atoms with van der Waals surface area (Å²) in [7, 11) is 1.50. The first-order valence-electron chi connectivity index (χ1n) is 4.10. The average Bonchev–Trinajstić information content (AvgIpc) is 2.26. The Kier molecular flexibility index (Phi) is 3.50. The average molecular weight is 190 g/mol. The molecule has 0 atom stereocenters. The zero-order valence-corrected chi connectivity index (χ0v) is 7.78. The Bertz CT molecular complexity index is 351. The van der Waals surface area contributed by atoms with Gasteiger partial charge >= 0.3 is 6.09 Å². The minimum Gasteiger partial charge on any atom is -0.445 e. The van der Waals surface area contributed by atoms with Gasteiger partial charge in [-0.1, -0.05) is 12.1 Å². The van der Waals surface area contributed by atoms with Crippen molar-refractivity contribution in [2.24, 2.45) is 0 Å². The Morgan fingerprint density at radius 1 is 1.50 bits per heavy atom. The number of nitrogens with one attached hydrogen (secondary N) is 1. The summed E-state index contributed by atoms with van der Waals surface area (Å²) in [6.07, 6.45) is -0.464. The third-order valence-electron chi connectivity index (χ3n) is 1.66. The van der Waals surface area contributed by atoms with Gasteiger partial charge in [0.1, 0.15) is 6.61 Å². The largest absolute Gasteiger partial charge is 0.445 e. The smallest absolute Gasteiger partial charge is 0.407 e. The second-order valence-corrected chi connectivity index (χ2v) is 2.63.